The predicted molar refractivity (Wildman–Crippen MR) is 224 cm³/mol. The summed E-state index contributed by atoms with van der Waals surface area (Å²) in [7, 11) is 3.29. The first kappa shape index (κ1) is 40.0. The highest BCUT2D eigenvalue weighted by Crippen LogP contribution is 2.49. The number of rotatable bonds is 14. The van der Waals surface area contributed by atoms with Gasteiger partial charge >= 0.3 is 0 Å². The summed E-state index contributed by atoms with van der Waals surface area (Å²) in [6.45, 7) is 16.6. The summed E-state index contributed by atoms with van der Waals surface area (Å²) < 4.78 is 26.4. The first-order chi connectivity index (χ1) is 27.7. The highest BCUT2D eigenvalue weighted by Gasteiger charge is 2.55. The number of nitrogens with zero attached hydrogens (tertiary/aromatic N) is 6. The van der Waals surface area contributed by atoms with Crippen LogP contribution in [0.5, 0.6) is 11.5 Å². The van der Waals surface area contributed by atoms with E-state index in [0.29, 0.717) is 48.3 Å². The summed E-state index contributed by atoms with van der Waals surface area (Å²) in [4.78, 5) is 37.7. The number of imidazole rings is 2. The number of ether oxygens (including phenoxy) is 4. The number of anilines is 2. The van der Waals surface area contributed by atoms with Crippen molar-refractivity contribution in [2.24, 2.45) is 11.8 Å². The van der Waals surface area contributed by atoms with Crippen molar-refractivity contribution in [1.82, 2.24) is 34.4 Å². The molecule has 3 aromatic heterocycles. The molecule has 14 nitrogen and oxygen atoms in total. The van der Waals surface area contributed by atoms with Crippen LogP contribution >= 0.6 is 0 Å². The third kappa shape index (κ3) is 8.10. The van der Waals surface area contributed by atoms with Crippen molar-refractivity contribution in [2.75, 3.05) is 31.4 Å². The number of hydrogen-bond acceptors (Lipinski definition) is 11. The summed E-state index contributed by atoms with van der Waals surface area (Å²) in [6, 6.07) is 12.9. The van der Waals surface area contributed by atoms with E-state index in [0.717, 1.165) is 66.0 Å². The lowest BCUT2D eigenvalue weighted by molar-refractivity contribution is -0.161. The van der Waals surface area contributed by atoms with E-state index in [4.69, 9.17) is 28.9 Å². The molecule has 0 radical (unpaired) electrons. The molecule has 3 N–H and O–H groups in total. The van der Waals surface area contributed by atoms with Crippen LogP contribution in [-0.4, -0.2) is 91.1 Å². The number of aromatic nitrogens is 6. The average Bonchev–Trinajstić information content (AvgIpc) is 3.93. The summed E-state index contributed by atoms with van der Waals surface area (Å²) >= 11 is 0. The number of carbonyl (C=O) groups is 1. The van der Waals surface area contributed by atoms with Crippen molar-refractivity contribution >= 4 is 39.9 Å². The SMILES string of the molecule is COc1ccc(CNc2ncnc3c2ncn3[C@@H]2C[C@H](CN(C(C)C)C3CC(CCC(=O)Nc4nc5cc(C(C)(C)C)ccc5[nH]4)C3)[C@H]3OC(C)(C)O[C@H]32)c(OC)c1. The molecule has 4 atom stereocenters. The van der Waals surface area contributed by atoms with Crippen molar-refractivity contribution in [1.29, 1.82) is 0 Å². The van der Waals surface area contributed by atoms with Gasteiger partial charge < -0.3 is 33.8 Å². The van der Waals surface area contributed by atoms with Crippen LogP contribution < -0.4 is 20.1 Å². The zero-order valence-corrected chi connectivity index (χ0v) is 35.3. The van der Waals surface area contributed by atoms with E-state index in [1.807, 2.05) is 44.4 Å². The number of amides is 1. The van der Waals surface area contributed by atoms with Gasteiger partial charge in [0.15, 0.2) is 17.3 Å². The Kier molecular flexibility index (Phi) is 10.9. The Balaban J connectivity index is 0.895. The maximum absolute atomic E-state index is 13.0. The van der Waals surface area contributed by atoms with Crippen LogP contribution in [-0.2, 0) is 26.2 Å². The van der Waals surface area contributed by atoms with Crippen LogP contribution in [0.4, 0.5) is 11.8 Å². The molecular formula is C44H59N9O5. The first-order valence-electron chi connectivity index (χ1n) is 20.7. The minimum atomic E-state index is -0.690. The second-order valence-corrected chi connectivity index (χ2v) is 18.1. The summed E-state index contributed by atoms with van der Waals surface area (Å²) in [5.41, 5.74) is 5.49. The van der Waals surface area contributed by atoms with Crippen molar-refractivity contribution in [3.05, 3.63) is 60.2 Å². The van der Waals surface area contributed by atoms with Gasteiger partial charge in [0.1, 0.15) is 29.4 Å². The molecular weight excluding hydrogens is 735 g/mol. The number of H-pyrrole nitrogens is 1. The van der Waals surface area contributed by atoms with Gasteiger partial charge in [-0.05, 0) is 94.5 Å². The lowest BCUT2D eigenvalue weighted by Crippen LogP contribution is -2.51. The van der Waals surface area contributed by atoms with E-state index >= 15 is 0 Å². The number of hydrogen-bond donors (Lipinski definition) is 3. The quantitative estimate of drug-likeness (QED) is 0.102. The minimum absolute atomic E-state index is 0.000153. The highest BCUT2D eigenvalue weighted by molar-refractivity contribution is 5.91. The van der Waals surface area contributed by atoms with E-state index in [1.54, 1.807) is 20.5 Å². The number of carbonyl (C=O) groups excluding carboxylic acids is 1. The van der Waals surface area contributed by atoms with Crippen LogP contribution in [0, 0.1) is 11.8 Å². The molecule has 1 aliphatic heterocycles. The third-order valence-corrected chi connectivity index (χ3v) is 12.4. The number of methoxy groups -OCH3 is 2. The Morgan fingerprint density at radius 1 is 1.03 bits per heavy atom. The molecule has 1 saturated heterocycles. The topological polar surface area (TPSA) is 154 Å². The Morgan fingerprint density at radius 3 is 2.57 bits per heavy atom. The summed E-state index contributed by atoms with van der Waals surface area (Å²) in [5, 5.41) is 6.46. The molecule has 2 aromatic carbocycles. The number of benzene rings is 2. The monoisotopic (exact) mass is 793 g/mol. The number of aromatic amines is 1. The molecule has 2 aliphatic carbocycles. The third-order valence-electron chi connectivity index (χ3n) is 12.4. The van der Waals surface area contributed by atoms with Crippen molar-refractivity contribution in [3.8, 4) is 11.5 Å². The maximum atomic E-state index is 13.0. The molecule has 8 rings (SSSR count). The normalized spacial score (nSPS) is 24.1. The predicted octanol–water partition coefficient (Wildman–Crippen LogP) is 7.62. The van der Waals surface area contributed by atoms with Crippen LogP contribution in [0.25, 0.3) is 22.2 Å². The molecule has 2 saturated carbocycles. The average molecular weight is 794 g/mol. The van der Waals surface area contributed by atoms with E-state index in [9.17, 15) is 4.79 Å². The van der Waals surface area contributed by atoms with Gasteiger partial charge in [-0.3, -0.25) is 15.0 Å². The fraction of sp³-hybridized carbons (Fsp3) is 0.568. The number of nitrogens with one attached hydrogen (secondary N) is 3. The van der Waals surface area contributed by atoms with E-state index < -0.39 is 5.79 Å². The fourth-order valence-corrected chi connectivity index (χ4v) is 9.23. The van der Waals surface area contributed by atoms with Gasteiger partial charge in [0.25, 0.3) is 0 Å². The van der Waals surface area contributed by atoms with E-state index in [1.165, 1.54) is 5.56 Å². The molecule has 0 bridgehead atoms. The Bertz CT molecular complexity index is 2250. The largest absolute Gasteiger partial charge is 0.497 e. The van der Waals surface area contributed by atoms with Crippen LogP contribution in [0.15, 0.2) is 49.1 Å². The lowest BCUT2D eigenvalue weighted by atomic mass is 9.76. The summed E-state index contributed by atoms with van der Waals surface area (Å²) in [6.07, 6.45) is 7.66. The molecule has 14 heteroatoms. The molecule has 0 unspecified atom stereocenters. The molecule has 58 heavy (non-hydrogen) atoms. The van der Waals surface area contributed by atoms with Gasteiger partial charge in [0, 0.05) is 49.1 Å². The minimum Gasteiger partial charge on any atom is -0.497 e. The highest BCUT2D eigenvalue weighted by atomic mass is 16.8. The van der Waals surface area contributed by atoms with Crippen LogP contribution in [0.2, 0.25) is 0 Å². The van der Waals surface area contributed by atoms with Gasteiger partial charge in [0.2, 0.25) is 11.9 Å². The fourth-order valence-electron chi connectivity index (χ4n) is 9.23. The van der Waals surface area contributed by atoms with Gasteiger partial charge in [0.05, 0.1) is 43.7 Å². The Labute approximate surface area is 340 Å². The first-order valence-corrected chi connectivity index (χ1v) is 20.7. The van der Waals surface area contributed by atoms with Gasteiger partial charge in [-0.25, -0.2) is 19.9 Å². The Hall–Kier alpha value is -4.79. The van der Waals surface area contributed by atoms with E-state index in [2.05, 4.69) is 81.8 Å². The Morgan fingerprint density at radius 2 is 1.83 bits per heavy atom. The van der Waals surface area contributed by atoms with Crippen molar-refractivity contribution < 1.29 is 23.7 Å². The molecule has 1 amide bonds. The molecule has 3 aliphatic rings. The number of fused-ring (bicyclic) bond motifs is 3. The zero-order valence-electron chi connectivity index (χ0n) is 35.3. The van der Waals surface area contributed by atoms with Crippen molar-refractivity contribution in [3.63, 3.8) is 0 Å². The molecule has 0 spiro atoms. The molecule has 310 valence electrons. The van der Waals surface area contributed by atoms with E-state index in [-0.39, 0.29) is 35.5 Å². The summed E-state index contributed by atoms with van der Waals surface area (Å²) in [5.74, 6) is 2.72. The second kappa shape index (κ2) is 15.8. The molecule has 4 heterocycles. The molecule has 5 aromatic rings. The second-order valence-electron chi connectivity index (χ2n) is 18.1. The maximum Gasteiger partial charge on any atom is 0.226 e. The smallest absolute Gasteiger partial charge is 0.226 e. The molecule has 3 fully saturated rings. The van der Waals surface area contributed by atoms with Gasteiger partial charge in [-0.15, -0.1) is 0 Å². The zero-order chi connectivity index (χ0) is 40.9. The van der Waals surface area contributed by atoms with Crippen LogP contribution in [0.3, 0.4) is 0 Å². The van der Waals surface area contributed by atoms with Gasteiger partial charge in [-0.1, -0.05) is 26.8 Å². The lowest BCUT2D eigenvalue weighted by Gasteiger charge is -2.46. The van der Waals surface area contributed by atoms with Gasteiger partial charge in [-0.2, -0.15) is 0 Å². The standard InChI is InChI=1S/C44H59N9O5/c1-25(2)52(30-16-26(17-30)10-15-36(54)51-42-49-32-14-12-29(43(3,4)5)19-33(32)50-42)22-28-18-34(39-38(28)57-44(6,7)58-39)53-24-48-37-40(46-23-47-41(37)53)45-21-27-11-13-31(55-8)20-35(27)56-9/h11-14,19-20,23-26,28,30,34,38-39H,10,15-18,21-22H2,1-9H3,(H,45,46,47)(H2,49,50,51,54)/t26?,28-,30?,34-,38-,39+/m1/s1. The van der Waals surface area contributed by atoms with Crippen LogP contribution in [0.1, 0.15) is 97.7 Å². The van der Waals surface area contributed by atoms with Crippen molar-refractivity contribution in [2.45, 2.75) is 129 Å².